The Bertz CT molecular complexity index is 418. The van der Waals surface area contributed by atoms with E-state index >= 15 is 0 Å². The summed E-state index contributed by atoms with van der Waals surface area (Å²) < 4.78 is 0. The van der Waals surface area contributed by atoms with Gasteiger partial charge >= 0.3 is 0 Å². The zero-order valence-electron chi connectivity index (χ0n) is 11.7. The standard InChI is InChI=1S/C16H23NO2/c1-3-15-14(11-16(18)19)9-10-17(15)12(2)13-7-5-4-6-8-13/h4-8,12,14-15H,3,9-11H2,1-2H3,(H,18,19)/p-1. The van der Waals surface area contributed by atoms with E-state index in [1.54, 1.807) is 0 Å². The van der Waals surface area contributed by atoms with E-state index in [2.05, 4.69) is 43.0 Å². The van der Waals surface area contributed by atoms with Crippen LogP contribution in [-0.2, 0) is 4.79 Å². The molecule has 0 amide bonds. The molecule has 0 spiro atoms. The third kappa shape index (κ3) is 3.16. The van der Waals surface area contributed by atoms with Gasteiger partial charge in [0, 0.05) is 18.1 Å². The van der Waals surface area contributed by atoms with Crippen molar-refractivity contribution in [2.45, 2.75) is 45.2 Å². The SMILES string of the molecule is CCC1C(CC(=O)[O-])CCN1C(C)c1ccccc1. The summed E-state index contributed by atoms with van der Waals surface area (Å²) in [7, 11) is 0. The quantitative estimate of drug-likeness (QED) is 0.813. The van der Waals surface area contributed by atoms with Crippen LogP contribution in [0.4, 0.5) is 0 Å². The molecule has 1 aromatic rings. The van der Waals surface area contributed by atoms with E-state index in [1.165, 1.54) is 5.56 Å². The van der Waals surface area contributed by atoms with Gasteiger partial charge in [0.2, 0.25) is 0 Å². The molecule has 1 aliphatic rings. The highest BCUT2D eigenvalue weighted by Crippen LogP contribution is 2.35. The molecular formula is C16H22NO2-. The lowest BCUT2D eigenvalue weighted by molar-refractivity contribution is -0.307. The summed E-state index contributed by atoms with van der Waals surface area (Å²) in [5, 5.41) is 10.8. The highest BCUT2D eigenvalue weighted by molar-refractivity contribution is 5.64. The third-order valence-electron chi connectivity index (χ3n) is 4.35. The van der Waals surface area contributed by atoms with Gasteiger partial charge in [-0.1, -0.05) is 37.3 Å². The molecule has 0 N–H and O–H groups in total. The second-order valence-electron chi connectivity index (χ2n) is 5.42. The summed E-state index contributed by atoms with van der Waals surface area (Å²) in [5.41, 5.74) is 1.30. The molecule has 0 bridgehead atoms. The number of nitrogens with zero attached hydrogens (tertiary/aromatic N) is 1. The largest absolute Gasteiger partial charge is 0.550 e. The lowest BCUT2D eigenvalue weighted by Crippen LogP contribution is -2.36. The third-order valence-corrected chi connectivity index (χ3v) is 4.35. The number of carbonyl (C=O) groups excluding carboxylic acids is 1. The van der Waals surface area contributed by atoms with Crippen LogP contribution in [0.5, 0.6) is 0 Å². The van der Waals surface area contributed by atoms with E-state index in [9.17, 15) is 9.90 Å². The molecule has 1 fully saturated rings. The molecular weight excluding hydrogens is 238 g/mol. The Morgan fingerprint density at radius 3 is 2.68 bits per heavy atom. The minimum absolute atomic E-state index is 0.191. The first-order valence-electron chi connectivity index (χ1n) is 7.14. The summed E-state index contributed by atoms with van der Waals surface area (Å²) in [5.74, 6) is -0.682. The first kappa shape index (κ1) is 14.1. The van der Waals surface area contributed by atoms with Gasteiger partial charge in [-0.25, -0.2) is 0 Å². The average molecular weight is 260 g/mol. The Morgan fingerprint density at radius 2 is 2.11 bits per heavy atom. The number of carboxylic acids is 1. The maximum absolute atomic E-state index is 10.8. The Balaban J connectivity index is 2.10. The van der Waals surface area contributed by atoms with E-state index in [-0.39, 0.29) is 12.3 Å². The topological polar surface area (TPSA) is 43.4 Å². The molecule has 3 unspecified atom stereocenters. The van der Waals surface area contributed by atoms with Crippen molar-refractivity contribution in [2.24, 2.45) is 5.92 Å². The fourth-order valence-corrected chi connectivity index (χ4v) is 3.37. The van der Waals surface area contributed by atoms with Crippen molar-refractivity contribution < 1.29 is 9.90 Å². The monoisotopic (exact) mass is 260 g/mol. The molecule has 1 aliphatic heterocycles. The van der Waals surface area contributed by atoms with Crippen LogP contribution in [0.2, 0.25) is 0 Å². The van der Waals surface area contributed by atoms with Gasteiger partial charge in [0.05, 0.1) is 0 Å². The maximum Gasteiger partial charge on any atom is 0.0417 e. The predicted molar refractivity (Wildman–Crippen MR) is 73.4 cm³/mol. The summed E-state index contributed by atoms with van der Waals surface area (Å²) >= 11 is 0. The Kier molecular flexibility index (Phi) is 4.59. The smallest absolute Gasteiger partial charge is 0.0417 e. The molecule has 3 nitrogen and oxygen atoms in total. The van der Waals surface area contributed by atoms with Gasteiger partial charge in [0.1, 0.15) is 0 Å². The van der Waals surface area contributed by atoms with Gasteiger partial charge in [-0.2, -0.15) is 0 Å². The van der Waals surface area contributed by atoms with Crippen LogP contribution in [-0.4, -0.2) is 23.5 Å². The molecule has 19 heavy (non-hydrogen) atoms. The number of likely N-dealkylation sites (tertiary alicyclic amines) is 1. The molecule has 0 saturated carbocycles. The van der Waals surface area contributed by atoms with E-state index in [1.807, 2.05) is 6.07 Å². The number of benzene rings is 1. The summed E-state index contributed by atoms with van der Waals surface area (Å²) in [6.07, 6.45) is 2.15. The van der Waals surface area contributed by atoms with Crippen molar-refractivity contribution >= 4 is 5.97 Å². The van der Waals surface area contributed by atoms with Crippen LogP contribution in [0.15, 0.2) is 30.3 Å². The predicted octanol–water partition coefficient (Wildman–Crippen LogP) is 1.99. The van der Waals surface area contributed by atoms with Crippen LogP contribution in [0.25, 0.3) is 0 Å². The van der Waals surface area contributed by atoms with Crippen molar-refractivity contribution in [3.8, 4) is 0 Å². The molecule has 3 atom stereocenters. The van der Waals surface area contributed by atoms with E-state index in [4.69, 9.17) is 0 Å². The lowest BCUT2D eigenvalue weighted by atomic mass is 9.94. The number of hydrogen-bond acceptors (Lipinski definition) is 3. The molecule has 104 valence electrons. The Labute approximate surface area is 115 Å². The summed E-state index contributed by atoms with van der Waals surface area (Å²) in [4.78, 5) is 13.3. The zero-order chi connectivity index (χ0) is 13.8. The molecule has 0 aliphatic carbocycles. The second-order valence-corrected chi connectivity index (χ2v) is 5.42. The molecule has 0 aromatic heterocycles. The number of hydrogen-bond donors (Lipinski definition) is 0. The van der Waals surface area contributed by atoms with Gasteiger partial charge in [0.15, 0.2) is 0 Å². The average Bonchev–Trinajstić information content (AvgIpc) is 2.80. The maximum atomic E-state index is 10.8. The van der Waals surface area contributed by atoms with Gasteiger partial charge in [-0.3, -0.25) is 4.90 Å². The highest BCUT2D eigenvalue weighted by atomic mass is 16.4. The van der Waals surface area contributed by atoms with Gasteiger partial charge in [-0.05, 0) is 44.2 Å². The van der Waals surface area contributed by atoms with Gasteiger partial charge in [0.25, 0.3) is 0 Å². The van der Waals surface area contributed by atoms with Gasteiger partial charge < -0.3 is 9.90 Å². The summed E-state index contributed by atoms with van der Waals surface area (Å²) in [6, 6.07) is 11.1. The molecule has 1 saturated heterocycles. The molecule has 3 heteroatoms. The molecule has 1 heterocycles. The van der Waals surface area contributed by atoms with Crippen LogP contribution in [0.1, 0.15) is 44.7 Å². The highest BCUT2D eigenvalue weighted by Gasteiger charge is 2.35. The van der Waals surface area contributed by atoms with Crippen molar-refractivity contribution in [1.82, 2.24) is 4.90 Å². The molecule has 1 aromatic carbocycles. The van der Waals surface area contributed by atoms with Crippen molar-refractivity contribution in [3.63, 3.8) is 0 Å². The van der Waals surface area contributed by atoms with E-state index in [0.29, 0.717) is 12.1 Å². The van der Waals surface area contributed by atoms with Crippen molar-refractivity contribution in [1.29, 1.82) is 0 Å². The zero-order valence-corrected chi connectivity index (χ0v) is 11.7. The number of carbonyl (C=O) groups is 1. The van der Waals surface area contributed by atoms with Crippen LogP contribution in [0.3, 0.4) is 0 Å². The van der Waals surface area contributed by atoms with Crippen LogP contribution >= 0.6 is 0 Å². The first-order chi connectivity index (χ1) is 9.13. The van der Waals surface area contributed by atoms with Crippen LogP contribution < -0.4 is 5.11 Å². The molecule has 0 radical (unpaired) electrons. The fourth-order valence-electron chi connectivity index (χ4n) is 3.37. The fraction of sp³-hybridized carbons (Fsp3) is 0.562. The minimum Gasteiger partial charge on any atom is -0.550 e. The summed E-state index contributed by atoms with van der Waals surface area (Å²) in [6.45, 7) is 5.33. The van der Waals surface area contributed by atoms with E-state index < -0.39 is 5.97 Å². The Morgan fingerprint density at radius 1 is 1.42 bits per heavy atom. The number of aliphatic carboxylic acids is 1. The van der Waals surface area contributed by atoms with E-state index in [0.717, 1.165) is 19.4 Å². The normalized spacial score (nSPS) is 25.4. The Hall–Kier alpha value is -1.35. The second kappa shape index (κ2) is 6.20. The lowest BCUT2D eigenvalue weighted by Gasteiger charge is -2.33. The van der Waals surface area contributed by atoms with Gasteiger partial charge in [-0.15, -0.1) is 0 Å². The van der Waals surface area contributed by atoms with Crippen LogP contribution in [0, 0.1) is 5.92 Å². The first-order valence-corrected chi connectivity index (χ1v) is 7.14. The van der Waals surface area contributed by atoms with Crippen molar-refractivity contribution in [2.75, 3.05) is 6.54 Å². The minimum atomic E-state index is -0.919. The molecule has 2 rings (SSSR count). The number of rotatable bonds is 5. The number of carboxylic acid groups (broad SMARTS) is 1. The van der Waals surface area contributed by atoms with Crippen molar-refractivity contribution in [3.05, 3.63) is 35.9 Å².